The zero-order valence-electron chi connectivity index (χ0n) is 13.8. The van der Waals surface area contributed by atoms with Crippen LogP contribution in [-0.4, -0.2) is 49.7 Å². The molecule has 2 atom stereocenters. The third-order valence-corrected chi connectivity index (χ3v) is 3.93. The second kappa shape index (κ2) is 7.81. The molecule has 0 saturated heterocycles. The van der Waals surface area contributed by atoms with Gasteiger partial charge in [0.05, 0.1) is 18.8 Å². The fourth-order valence-corrected chi connectivity index (χ4v) is 2.61. The minimum Gasteiger partial charge on any atom is -0.410 e. The van der Waals surface area contributed by atoms with Crippen LogP contribution in [-0.2, 0) is 11.3 Å². The summed E-state index contributed by atoms with van der Waals surface area (Å²) in [5.41, 5.74) is 2.32. The summed E-state index contributed by atoms with van der Waals surface area (Å²) in [4.78, 5) is 15.5. The van der Waals surface area contributed by atoms with Gasteiger partial charge in [-0.2, -0.15) is 0 Å². The molecule has 124 valence electrons. The number of fused-ring (bicyclic) bond motifs is 1. The molecule has 0 fully saturated rings. The van der Waals surface area contributed by atoms with Crippen LogP contribution in [0.15, 0.2) is 18.2 Å². The zero-order valence-corrected chi connectivity index (χ0v) is 14.6. The molecule has 1 heterocycles. The second-order valence-corrected chi connectivity index (χ2v) is 5.67. The van der Waals surface area contributed by atoms with Gasteiger partial charge in [0.15, 0.2) is 0 Å². The Kier molecular flexibility index (Phi) is 6.66. The van der Waals surface area contributed by atoms with Crippen LogP contribution in [0.5, 0.6) is 5.75 Å². The Bertz CT molecular complexity index is 522. The van der Waals surface area contributed by atoms with Crippen molar-refractivity contribution < 1.29 is 14.3 Å². The number of carbonyl (C=O) groups is 1. The van der Waals surface area contributed by atoms with Crippen LogP contribution in [0.2, 0.25) is 0 Å². The quantitative estimate of drug-likeness (QED) is 0.855. The number of likely N-dealkylation sites (N-methyl/N-ethyl adjacent to an activating group) is 1. The van der Waals surface area contributed by atoms with Crippen LogP contribution in [0.3, 0.4) is 0 Å². The smallest absolute Gasteiger partial charge is 0.410 e. The minimum atomic E-state index is -0.334. The van der Waals surface area contributed by atoms with Crippen molar-refractivity contribution in [3.05, 3.63) is 29.3 Å². The monoisotopic (exact) mass is 328 g/mol. The Balaban J connectivity index is 0.00000242. The lowest BCUT2D eigenvalue weighted by Crippen LogP contribution is -2.35. The lowest BCUT2D eigenvalue weighted by atomic mass is 9.93. The molecule has 0 unspecified atom stereocenters. The van der Waals surface area contributed by atoms with Crippen molar-refractivity contribution >= 4 is 18.5 Å². The number of ether oxygens (including phenoxy) is 2. The second-order valence-electron chi connectivity index (χ2n) is 5.67. The average molecular weight is 329 g/mol. The number of hydrogen-bond acceptors (Lipinski definition) is 4. The molecule has 0 saturated carbocycles. The summed E-state index contributed by atoms with van der Waals surface area (Å²) < 4.78 is 11.2. The molecule has 1 aromatic carbocycles. The highest BCUT2D eigenvalue weighted by Crippen LogP contribution is 2.35. The lowest BCUT2D eigenvalue weighted by molar-refractivity contribution is -0.0168. The molecule has 0 aliphatic carbocycles. The normalized spacial score (nSPS) is 20.1. The van der Waals surface area contributed by atoms with Gasteiger partial charge in [-0.25, -0.2) is 4.79 Å². The number of carbonyl (C=O) groups excluding carboxylic acids is 1. The fourth-order valence-electron chi connectivity index (χ4n) is 2.61. The third kappa shape index (κ3) is 3.91. The number of benzene rings is 1. The first-order valence-corrected chi connectivity index (χ1v) is 7.27. The molecule has 1 amide bonds. The summed E-state index contributed by atoms with van der Waals surface area (Å²) in [6.45, 7) is 5.20. The molecular weight excluding hydrogens is 304 g/mol. The molecule has 0 bridgehead atoms. The topological polar surface area (TPSA) is 42.0 Å². The van der Waals surface area contributed by atoms with E-state index in [-0.39, 0.29) is 30.6 Å². The highest BCUT2D eigenvalue weighted by Gasteiger charge is 2.29. The predicted octanol–water partition coefficient (Wildman–Crippen LogP) is 3.08. The van der Waals surface area contributed by atoms with Gasteiger partial charge >= 0.3 is 6.09 Å². The van der Waals surface area contributed by atoms with Gasteiger partial charge in [0.1, 0.15) is 5.75 Å². The van der Waals surface area contributed by atoms with Crippen LogP contribution < -0.4 is 4.74 Å². The van der Waals surface area contributed by atoms with E-state index in [4.69, 9.17) is 9.47 Å². The average Bonchev–Trinajstić information content (AvgIpc) is 2.45. The molecule has 0 radical (unpaired) electrons. The highest BCUT2D eigenvalue weighted by molar-refractivity contribution is 5.85. The summed E-state index contributed by atoms with van der Waals surface area (Å²) in [6, 6.07) is 5.93. The zero-order chi connectivity index (χ0) is 15.6. The first kappa shape index (κ1) is 18.7. The Morgan fingerprint density at radius 2 is 2.05 bits per heavy atom. The van der Waals surface area contributed by atoms with E-state index in [2.05, 4.69) is 11.8 Å². The molecule has 22 heavy (non-hydrogen) atoms. The Morgan fingerprint density at radius 1 is 1.36 bits per heavy atom. The van der Waals surface area contributed by atoms with E-state index >= 15 is 0 Å². The van der Waals surface area contributed by atoms with Crippen molar-refractivity contribution in [2.75, 3.05) is 27.7 Å². The van der Waals surface area contributed by atoms with Crippen LogP contribution in [0.25, 0.3) is 0 Å². The molecule has 2 rings (SSSR count). The van der Waals surface area contributed by atoms with E-state index in [1.54, 1.807) is 7.05 Å². The van der Waals surface area contributed by atoms with Gasteiger partial charge < -0.3 is 19.3 Å². The number of nitrogens with zero attached hydrogens (tertiary/aromatic N) is 2. The number of halogens is 1. The first-order chi connectivity index (χ1) is 9.93. The molecule has 0 aromatic heterocycles. The Labute approximate surface area is 138 Å². The van der Waals surface area contributed by atoms with Gasteiger partial charge in [-0.15, -0.1) is 12.4 Å². The van der Waals surface area contributed by atoms with E-state index in [9.17, 15) is 4.79 Å². The molecule has 0 spiro atoms. The number of rotatable bonds is 3. The fraction of sp³-hybridized carbons (Fsp3) is 0.562. The predicted molar refractivity (Wildman–Crippen MR) is 88.7 cm³/mol. The van der Waals surface area contributed by atoms with Crippen molar-refractivity contribution in [2.45, 2.75) is 32.6 Å². The summed E-state index contributed by atoms with van der Waals surface area (Å²) in [6.07, 6.45) is -0.226. The highest BCUT2D eigenvalue weighted by atomic mass is 35.5. The summed E-state index contributed by atoms with van der Waals surface area (Å²) in [5.74, 6) is 0.583. The summed E-state index contributed by atoms with van der Waals surface area (Å²) in [5, 5.41) is 0. The molecular formula is C16H25ClN2O3. The third-order valence-electron chi connectivity index (χ3n) is 3.93. The van der Waals surface area contributed by atoms with E-state index in [0.717, 1.165) is 5.56 Å². The van der Waals surface area contributed by atoms with Gasteiger partial charge in [0.25, 0.3) is 0 Å². The first-order valence-electron chi connectivity index (χ1n) is 7.27. The lowest BCUT2D eigenvalue weighted by Gasteiger charge is -2.36. The van der Waals surface area contributed by atoms with Crippen LogP contribution in [0.1, 0.15) is 31.0 Å². The Morgan fingerprint density at radius 3 is 2.64 bits per heavy atom. The van der Waals surface area contributed by atoms with Gasteiger partial charge in [-0.3, -0.25) is 0 Å². The molecule has 0 N–H and O–H groups in total. The number of amides is 1. The van der Waals surface area contributed by atoms with E-state index < -0.39 is 0 Å². The van der Waals surface area contributed by atoms with Crippen molar-refractivity contribution in [3.63, 3.8) is 0 Å². The summed E-state index contributed by atoms with van der Waals surface area (Å²) >= 11 is 0. The van der Waals surface area contributed by atoms with Crippen molar-refractivity contribution in [1.82, 2.24) is 9.80 Å². The molecule has 1 aromatic rings. The minimum absolute atomic E-state index is 0. The maximum atomic E-state index is 11.9. The van der Waals surface area contributed by atoms with Crippen molar-refractivity contribution in [1.29, 1.82) is 0 Å². The van der Waals surface area contributed by atoms with E-state index in [1.165, 1.54) is 10.5 Å². The largest absolute Gasteiger partial charge is 0.414 e. The van der Waals surface area contributed by atoms with Crippen LogP contribution >= 0.6 is 12.4 Å². The van der Waals surface area contributed by atoms with E-state index in [0.29, 0.717) is 18.9 Å². The SMILES string of the molecule is CCN(C)C(=O)Oc1ccc2c(c1)[C@H](N(C)C)[C@H](C)OC2.Cl. The summed E-state index contributed by atoms with van der Waals surface area (Å²) in [7, 11) is 5.78. The van der Waals surface area contributed by atoms with Crippen LogP contribution in [0, 0.1) is 0 Å². The number of hydrogen-bond donors (Lipinski definition) is 0. The Hall–Kier alpha value is -1.30. The van der Waals surface area contributed by atoms with Gasteiger partial charge in [0.2, 0.25) is 0 Å². The van der Waals surface area contributed by atoms with E-state index in [1.807, 2.05) is 39.2 Å². The molecule has 1 aliphatic heterocycles. The van der Waals surface area contributed by atoms with Crippen LogP contribution in [0.4, 0.5) is 4.79 Å². The standard InChI is InChI=1S/C16H24N2O3.ClH/c1-6-18(5)16(19)21-13-8-7-12-10-20-11(2)15(17(3)4)14(12)9-13;/h7-9,11,15H,6,10H2,1-5H3;1H/t11-,15+;/m0./s1. The molecule has 5 nitrogen and oxygen atoms in total. The van der Waals surface area contributed by atoms with Gasteiger partial charge in [-0.1, -0.05) is 6.07 Å². The maximum Gasteiger partial charge on any atom is 0.414 e. The van der Waals surface area contributed by atoms with Crippen molar-refractivity contribution in [3.8, 4) is 5.75 Å². The van der Waals surface area contributed by atoms with Gasteiger partial charge in [-0.05, 0) is 51.2 Å². The molecule has 6 heteroatoms. The maximum absolute atomic E-state index is 11.9. The van der Waals surface area contributed by atoms with Gasteiger partial charge in [0, 0.05) is 13.6 Å². The van der Waals surface area contributed by atoms with Crippen molar-refractivity contribution in [2.24, 2.45) is 0 Å². The molecule has 1 aliphatic rings.